The van der Waals surface area contributed by atoms with E-state index < -0.39 is 0 Å². The number of unbranched alkanes of at least 4 members (excludes halogenated alkanes) is 10. The van der Waals surface area contributed by atoms with E-state index in [4.69, 9.17) is 9.78 Å². The summed E-state index contributed by atoms with van der Waals surface area (Å²) in [4.78, 5) is 31.5. The Morgan fingerprint density at radius 1 is 0.800 bits per heavy atom. The van der Waals surface area contributed by atoms with Crippen LogP contribution in [0.4, 0.5) is 0 Å². The number of hydrogen-bond donors (Lipinski definition) is 0. The molecule has 140 valence electrons. The van der Waals surface area contributed by atoms with E-state index in [9.17, 15) is 9.59 Å². The van der Waals surface area contributed by atoms with Gasteiger partial charge in [0.15, 0.2) is 0 Å². The van der Waals surface area contributed by atoms with Crippen LogP contribution in [0.1, 0.15) is 82.6 Å². The molecule has 0 saturated carbocycles. The van der Waals surface area contributed by atoms with Gasteiger partial charge in [0.05, 0.1) is 0 Å². The van der Waals surface area contributed by atoms with E-state index in [-0.39, 0.29) is 5.97 Å². The van der Waals surface area contributed by atoms with Crippen LogP contribution in [-0.4, -0.2) is 12.3 Å². The number of benzene rings is 1. The zero-order valence-electron chi connectivity index (χ0n) is 15.3. The lowest BCUT2D eigenvalue weighted by Crippen LogP contribution is -2.05. The van der Waals surface area contributed by atoms with E-state index >= 15 is 0 Å². The summed E-state index contributed by atoms with van der Waals surface area (Å²) < 4.78 is 0. The molecule has 0 aliphatic carbocycles. The standard InChI is InChI=1S/C21H32O4/c22-18-14-9-7-5-3-1-2-4-6-8-13-17-21(23)25-24-19-20-15-11-10-12-16-20/h10-12,15-16,18H,1-9,13-14,17,19H2. The van der Waals surface area contributed by atoms with Gasteiger partial charge in [0.2, 0.25) is 0 Å². The van der Waals surface area contributed by atoms with Gasteiger partial charge in [0.1, 0.15) is 12.9 Å². The molecular formula is C21H32O4. The summed E-state index contributed by atoms with van der Waals surface area (Å²) in [5, 5.41) is 0. The molecule has 0 N–H and O–H groups in total. The van der Waals surface area contributed by atoms with Crippen molar-refractivity contribution in [1.82, 2.24) is 0 Å². The lowest BCUT2D eigenvalue weighted by Gasteiger charge is -2.04. The molecule has 0 unspecified atom stereocenters. The van der Waals surface area contributed by atoms with Crippen molar-refractivity contribution >= 4 is 12.3 Å². The van der Waals surface area contributed by atoms with Gasteiger partial charge >= 0.3 is 5.97 Å². The first kappa shape index (κ1) is 21.4. The van der Waals surface area contributed by atoms with Gasteiger partial charge in [-0.2, -0.15) is 4.89 Å². The Morgan fingerprint density at radius 3 is 1.96 bits per heavy atom. The SMILES string of the molecule is O=CCCCCCCCCCCCCC(=O)OOCc1ccccc1. The maximum absolute atomic E-state index is 11.5. The largest absolute Gasteiger partial charge is 0.342 e. The molecule has 0 saturated heterocycles. The van der Waals surface area contributed by atoms with Crippen LogP contribution in [0.25, 0.3) is 0 Å². The zero-order valence-corrected chi connectivity index (χ0v) is 15.3. The summed E-state index contributed by atoms with van der Waals surface area (Å²) in [5.74, 6) is -0.286. The Morgan fingerprint density at radius 2 is 1.36 bits per heavy atom. The molecule has 0 radical (unpaired) electrons. The molecule has 0 fully saturated rings. The second-order valence-electron chi connectivity index (χ2n) is 6.44. The normalized spacial score (nSPS) is 10.6. The zero-order chi connectivity index (χ0) is 18.0. The molecule has 1 aromatic carbocycles. The predicted octanol–water partition coefficient (Wildman–Crippen LogP) is 5.54. The van der Waals surface area contributed by atoms with Crippen LogP contribution in [-0.2, 0) is 26.0 Å². The predicted molar refractivity (Wildman–Crippen MR) is 98.8 cm³/mol. The maximum Gasteiger partial charge on any atom is 0.342 e. The van der Waals surface area contributed by atoms with Crippen molar-refractivity contribution < 1.29 is 19.4 Å². The molecule has 0 aromatic heterocycles. The second kappa shape index (κ2) is 15.8. The third-order valence-corrected chi connectivity index (χ3v) is 4.17. The van der Waals surface area contributed by atoms with Crippen molar-refractivity contribution in [2.24, 2.45) is 0 Å². The molecule has 4 heteroatoms. The topological polar surface area (TPSA) is 52.6 Å². The van der Waals surface area contributed by atoms with E-state index in [0.717, 1.165) is 31.1 Å². The fourth-order valence-electron chi connectivity index (χ4n) is 2.69. The summed E-state index contributed by atoms with van der Waals surface area (Å²) in [7, 11) is 0. The highest BCUT2D eigenvalue weighted by Gasteiger charge is 2.04. The number of hydrogen-bond acceptors (Lipinski definition) is 4. The van der Waals surface area contributed by atoms with Crippen molar-refractivity contribution in [2.75, 3.05) is 0 Å². The van der Waals surface area contributed by atoms with Gasteiger partial charge in [-0.15, -0.1) is 0 Å². The van der Waals surface area contributed by atoms with E-state index in [1.807, 2.05) is 30.3 Å². The van der Waals surface area contributed by atoms with Crippen LogP contribution >= 0.6 is 0 Å². The molecule has 4 nitrogen and oxygen atoms in total. The van der Waals surface area contributed by atoms with Crippen LogP contribution in [0, 0.1) is 0 Å². The highest BCUT2D eigenvalue weighted by molar-refractivity contribution is 5.68. The summed E-state index contributed by atoms with van der Waals surface area (Å²) in [6.45, 7) is 0.293. The summed E-state index contributed by atoms with van der Waals surface area (Å²) >= 11 is 0. The second-order valence-corrected chi connectivity index (χ2v) is 6.44. The molecule has 0 atom stereocenters. The van der Waals surface area contributed by atoms with Gasteiger partial charge in [-0.3, -0.25) is 4.89 Å². The monoisotopic (exact) mass is 348 g/mol. The number of carbonyl (C=O) groups excluding carboxylic acids is 2. The first-order chi connectivity index (χ1) is 12.3. The van der Waals surface area contributed by atoms with Gasteiger partial charge in [-0.05, 0) is 18.4 Å². The minimum atomic E-state index is -0.286. The van der Waals surface area contributed by atoms with E-state index in [1.54, 1.807) is 0 Å². The van der Waals surface area contributed by atoms with Gasteiger partial charge in [-0.25, -0.2) is 4.79 Å². The van der Waals surface area contributed by atoms with E-state index in [2.05, 4.69) is 0 Å². The minimum Gasteiger partial charge on any atom is -0.303 e. The summed E-state index contributed by atoms with van der Waals surface area (Å²) in [5.41, 5.74) is 0.985. The fraction of sp³-hybridized carbons (Fsp3) is 0.619. The maximum atomic E-state index is 11.5. The Hall–Kier alpha value is -1.68. The molecular weight excluding hydrogens is 316 g/mol. The molecule has 0 aliphatic heterocycles. The highest BCUT2D eigenvalue weighted by atomic mass is 17.2. The van der Waals surface area contributed by atoms with Crippen LogP contribution in [0.3, 0.4) is 0 Å². The molecule has 1 aromatic rings. The average molecular weight is 348 g/mol. The molecule has 0 bridgehead atoms. The third kappa shape index (κ3) is 13.3. The lowest BCUT2D eigenvalue weighted by atomic mass is 10.1. The first-order valence-electron chi connectivity index (χ1n) is 9.63. The van der Waals surface area contributed by atoms with Crippen LogP contribution in [0.15, 0.2) is 30.3 Å². The van der Waals surface area contributed by atoms with Crippen molar-refractivity contribution in [3.63, 3.8) is 0 Å². The Bertz CT molecular complexity index is 444. The van der Waals surface area contributed by atoms with Gasteiger partial charge in [0, 0.05) is 12.8 Å². The molecule has 25 heavy (non-hydrogen) atoms. The smallest absolute Gasteiger partial charge is 0.303 e. The molecule has 0 aliphatic rings. The fourth-order valence-corrected chi connectivity index (χ4v) is 2.69. The molecule has 0 heterocycles. The number of rotatable bonds is 16. The summed E-state index contributed by atoms with van der Waals surface area (Å²) in [6, 6.07) is 9.65. The van der Waals surface area contributed by atoms with Crippen LogP contribution in [0.2, 0.25) is 0 Å². The lowest BCUT2D eigenvalue weighted by molar-refractivity contribution is -0.280. The van der Waals surface area contributed by atoms with Gasteiger partial charge in [-0.1, -0.05) is 81.7 Å². The van der Waals surface area contributed by atoms with Crippen LogP contribution < -0.4 is 0 Å². The number of aldehydes is 1. The van der Waals surface area contributed by atoms with Gasteiger partial charge < -0.3 is 4.79 Å². The highest BCUT2D eigenvalue weighted by Crippen LogP contribution is 2.12. The Kier molecular flexibility index (Phi) is 13.5. The van der Waals surface area contributed by atoms with Crippen molar-refractivity contribution in [2.45, 2.75) is 83.7 Å². The Labute approximate surface area is 151 Å². The van der Waals surface area contributed by atoms with Crippen molar-refractivity contribution in [3.05, 3.63) is 35.9 Å². The number of carbonyl (C=O) groups is 2. The Balaban J connectivity index is 1.81. The minimum absolute atomic E-state index is 0.286. The quantitative estimate of drug-likeness (QED) is 0.170. The van der Waals surface area contributed by atoms with Crippen molar-refractivity contribution in [1.29, 1.82) is 0 Å². The van der Waals surface area contributed by atoms with Crippen LogP contribution in [0.5, 0.6) is 0 Å². The summed E-state index contributed by atoms with van der Waals surface area (Å²) in [6.07, 6.45) is 13.7. The van der Waals surface area contributed by atoms with E-state index in [1.165, 1.54) is 44.9 Å². The van der Waals surface area contributed by atoms with Crippen molar-refractivity contribution in [3.8, 4) is 0 Å². The molecule has 1 rings (SSSR count). The molecule has 0 spiro atoms. The van der Waals surface area contributed by atoms with E-state index in [0.29, 0.717) is 19.4 Å². The first-order valence-corrected chi connectivity index (χ1v) is 9.63. The van der Waals surface area contributed by atoms with Gasteiger partial charge in [0.25, 0.3) is 0 Å². The third-order valence-electron chi connectivity index (χ3n) is 4.17. The molecule has 0 amide bonds. The average Bonchev–Trinajstić information content (AvgIpc) is 2.63.